The van der Waals surface area contributed by atoms with Crippen LogP contribution < -0.4 is 10.6 Å². The highest BCUT2D eigenvalue weighted by Gasteiger charge is 2.20. The summed E-state index contributed by atoms with van der Waals surface area (Å²) in [6.45, 7) is 0. The fraction of sp³-hybridized carbons (Fsp3) is 0.0500. The fourth-order valence-corrected chi connectivity index (χ4v) is 3.32. The number of nitro groups is 1. The maximum Gasteiger partial charge on any atom is 0.274 e. The van der Waals surface area contributed by atoms with E-state index in [-0.39, 0.29) is 22.6 Å². The molecule has 2 aromatic carbocycles. The van der Waals surface area contributed by atoms with E-state index in [1.165, 1.54) is 18.3 Å². The van der Waals surface area contributed by atoms with Gasteiger partial charge >= 0.3 is 0 Å². The summed E-state index contributed by atoms with van der Waals surface area (Å²) in [5.41, 5.74) is -0.992. The number of anilines is 2. The third-order valence-corrected chi connectivity index (χ3v) is 5.26. The Balaban J connectivity index is 1.94. The quantitative estimate of drug-likeness (QED) is 0.426. The number of carbonyl (C=O) groups excluding carboxylic acids is 2. The van der Waals surface area contributed by atoms with E-state index in [1.807, 2.05) is 0 Å². The minimum Gasteiger partial charge on any atom is -0.320 e. The van der Waals surface area contributed by atoms with Gasteiger partial charge in [-0.1, -0.05) is 6.07 Å². The second-order valence-electron chi connectivity index (χ2n) is 6.56. The summed E-state index contributed by atoms with van der Waals surface area (Å²) in [5, 5.41) is 16.0. The van der Waals surface area contributed by atoms with Crippen LogP contribution in [0.5, 0.6) is 0 Å². The first-order valence-electron chi connectivity index (χ1n) is 8.87. The number of aromatic nitrogens is 1. The van der Waals surface area contributed by atoms with Crippen molar-refractivity contribution in [2.75, 3.05) is 16.9 Å². The first-order valence-corrected chi connectivity index (χ1v) is 10.8. The lowest BCUT2D eigenvalue weighted by Gasteiger charge is -2.13. The van der Waals surface area contributed by atoms with E-state index in [4.69, 9.17) is 0 Å². The Hall–Kier alpha value is -4.19. The highest BCUT2D eigenvalue weighted by molar-refractivity contribution is 7.90. The average molecular weight is 458 g/mol. The van der Waals surface area contributed by atoms with Crippen LogP contribution in [0.3, 0.4) is 0 Å². The molecule has 0 aliphatic heterocycles. The zero-order valence-electron chi connectivity index (χ0n) is 16.4. The van der Waals surface area contributed by atoms with Crippen LogP contribution in [0.25, 0.3) is 0 Å². The molecule has 3 aromatic rings. The van der Waals surface area contributed by atoms with E-state index in [9.17, 15) is 32.5 Å². The third kappa shape index (κ3) is 5.29. The normalized spacial score (nSPS) is 10.9. The van der Waals surface area contributed by atoms with Gasteiger partial charge in [0.15, 0.2) is 9.84 Å². The lowest BCUT2D eigenvalue weighted by atomic mass is 10.1. The molecule has 2 N–H and O–H groups in total. The Morgan fingerprint density at radius 2 is 1.72 bits per heavy atom. The number of halogens is 1. The van der Waals surface area contributed by atoms with Crippen LogP contribution in [-0.2, 0) is 9.84 Å². The molecule has 1 heterocycles. The summed E-state index contributed by atoms with van der Waals surface area (Å²) in [7, 11) is -3.86. The molecular formula is C20H15FN4O6S. The number of rotatable bonds is 6. The highest BCUT2D eigenvalue weighted by Crippen LogP contribution is 2.26. The first kappa shape index (κ1) is 22.5. The zero-order chi connectivity index (χ0) is 23.5. The maximum absolute atomic E-state index is 13.8. The Kier molecular flexibility index (Phi) is 6.25. The SMILES string of the molecule is CS(=O)(=O)c1cc(C(=O)Nc2cc(F)ccc2NC(=O)c2ccccn2)cc([N+](=O)[O-])c1. The van der Waals surface area contributed by atoms with Crippen LogP contribution in [0.15, 0.2) is 65.7 Å². The number of nitrogens with one attached hydrogen (secondary N) is 2. The van der Waals surface area contributed by atoms with Crippen molar-refractivity contribution in [1.29, 1.82) is 0 Å². The van der Waals surface area contributed by atoms with Crippen LogP contribution in [0, 0.1) is 15.9 Å². The van der Waals surface area contributed by atoms with Gasteiger partial charge in [-0.15, -0.1) is 0 Å². The lowest BCUT2D eigenvalue weighted by Crippen LogP contribution is -2.18. The van der Waals surface area contributed by atoms with Gasteiger partial charge < -0.3 is 10.6 Å². The van der Waals surface area contributed by atoms with E-state index >= 15 is 0 Å². The summed E-state index contributed by atoms with van der Waals surface area (Å²) < 4.78 is 37.5. The predicted molar refractivity (Wildman–Crippen MR) is 113 cm³/mol. The molecule has 0 unspecified atom stereocenters. The number of hydrogen-bond donors (Lipinski definition) is 2. The van der Waals surface area contributed by atoms with Gasteiger partial charge in [0.1, 0.15) is 11.5 Å². The number of benzene rings is 2. The third-order valence-electron chi connectivity index (χ3n) is 4.17. The standard InChI is InChI=1S/C20H15FN4O6S/c1-32(30,31)15-9-12(8-14(11-15)25(28)29)19(26)24-18-10-13(21)5-6-16(18)23-20(27)17-4-2-3-7-22-17/h2-11H,1H3,(H,23,27)(H,24,26). The van der Waals surface area contributed by atoms with Gasteiger partial charge in [-0.3, -0.25) is 24.7 Å². The molecule has 0 aliphatic rings. The first-order chi connectivity index (χ1) is 15.0. The van der Waals surface area contributed by atoms with Gasteiger partial charge in [-0.05, 0) is 36.4 Å². The maximum atomic E-state index is 13.8. The van der Waals surface area contributed by atoms with Crippen LogP contribution in [0.2, 0.25) is 0 Å². The summed E-state index contributed by atoms with van der Waals surface area (Å²) in [5.74, 6) is -2.30. The van der Waals surface area contributed by atoms with Crippen molar-refractivity contribution in [2.45, 2.75) is 4.90 Å². The highest BCUT2D eigenvalue weighted by atomic mass is 32.2. The number of nitro benzene ring substituents is 1. The number of nitrogens with zero attached hydrogens (tertiary/aromatic N) is 2. The molecule has 0 bridgehead atoms. The molecule has 0 spiro atoms. The van der Waals surface area contributed by atoms with Crippen molar-refractivity contribution in [3.05, 3.63) is 88.0 Å². The number of non-ortho nitro benzene ring substituents is 1. The average Bonchev–Trinajstić information content (AvgIpc) is 2.75. The van der Waals surface area contributed by atoms with Crippen LogP contribution in [-0.4, -0.2) is 36.4 Å². The van der Waals surface area contributed by atoms with Crippen molar-refractivity contribution < 1.29 is 27.3 Å². The molecule has 1 aromatic heterocycles. The monoisotopic (exact) mass is 458 g/mol. The molecule has 2 amide bonds. The molecule has 0 aliphatic carbocycles. The molecule has 0 saturated carbocycles. The molecule has 0 saturated heterocycles. The van der Waals surface area contributed by atoms with E-state index in [0.717, 1.165) is 36.6 Å². The van der Waals surface area contributed by atoms with Crippen LogP contribution >= 0.6 is 0 Å². The Morgan fingerprint density at radius 1 is 1.00 bits per heavy atom. The molecule has 12 heteroatoms. The number of carbonyl (C=O) groups is 2. The summed E-state index contributed by atoms with van der Waals surface area (Å²) in [6.07, 6.45) is 2.25. The van der Waals surface area contributed by atoms with Crippen molar-refractivity contribution in [3.63, 3.8) is 0 Å². The Labute approximate surface area is 181 Å². The molecule has 3 rings (SSSR count). The van der Waals surface area contributed by atoms with Gasteiger partial charge in [-0.2, -0.15) is 0 Å². The summed E-state index contributed by atoms with van der Waals surface area (Å²) >= 11 is 0. The number of hydrogen-bond acceptors (Lipinski definition) is 7. The second kappa shape index (κ2) is 8.89. The molecule has 0 radical (unpaired) electrons. The van der Waals surface area contributed by atoms with E-state index in [0.29, 0.717) is 0 Å². The van der Waals surface area contributed by atoms with E-state index < -0.39 is 43.0 Å². The smallest absolute Gasteiger partial charge is 0.274 e. The molecule has 10 nitrogen and oxygen atoms in total. The van der Waals surface area contributed by atoms with Crippen LogP contribution in [0.1, 0.15) is 20.8 Å². The predicted octanol–water partition coefficient (Wildman–Crippen LogP) is 3.04. The van der Waals surface area contributed by atoms with Gasteiger partial charge in [0.05, 0.1) is 21.2 Å². The summed E-state index contributed by atoms with van der Waals surface area (Å²) in [4.78, 5) is 38.8. The van der Waals surface area contributed by atoms with Gasteiger partial charge in [0, 0.05) is 30.1 Å². The topological polar surface area (TPSA) is 148 Å². The number of pyridine rings is 1. The van der Waals surface area contributed by atoms with Crippen molar-refractivity contribution in [2.24, 2.45) is 0 Å². The molecule has 0 atom stereocenters. The second-order valence-corrected chi connectivity index (χ2v) is 8.57. The van der Waals surface area contributed by atoms with Gasteiger partial charge in [-0.25, -0.2) is 12.8 Å². The number of amides is 2. The largest absolute Gasteiger partial charge is 0.320 e. The summed E-state index contributed by atoms with van der Waals surface area (Å²) in [6, 6.07) is 10.5. The fourth-order valence-electron chi connectivity index (χ4n) is 2.64. The van der Waals surface area contributed by atoms with Crippen molar-refractivity contribution >= 4 is 38.7 Å². The number of sulfone groups is 1. The zero-order valence-corrected chi connectivity index (χ0v) is 17.2. The van der Waals surface area contributed by atoms with Crippen molar-refractivity contribution in [3.8, 4) is 0 Å². The van der Waals surface area contributed by atoms with E-state index in [1.54, 1.807) is 12.1 Å². The molecule has 0 fully saturated rings. The minimum atomic E-state index is -3.86. The van der Waals surface area contributed by atoms with Crippen molar-refractivity contribution in [1.82, 2.24) is 4.98 Å². The minimum absolute atomic E-state index is 0.0316. The Bertz CT molecular complexity index is 1330. The van der Waals surface area contributed by atoms with Gasteiger partial charge in [0.2, 0.25) is 0 Å². The molecular weight excluding hydrogens is 443 g/mol. The van der Waals surface area contributed by atoms with Crippen LogP contribution in [0.4, 0.5) is 21.5 Å². The Morgan fingerprint density at radius 3 is 2.34 bits per heavy atom. The van der Waals surface area contributed by atoms with Gasteiger partial charge in [0.25, 0.3) is 17.5 Å². The van der Waals surface area contributed by atoms with E-state index in [2.05, 4.69) is 15.6 Å². The molecule has 32 heavy (non-hydrogen) atoms. The molecule has 164 valence electrons. The lowest BCUT2D eigenvalue weighted by molar-refractivity contribution is -0.385.